The van der Waals surface area contributed by atoms with Crippen molar-refractivity contribution in [3.05, 3.63) is 49.0 Å². The Bertz CT molecular complexity index is 572. The molecule has 0 radical (unpaired) electrons. The highest BCUT2D eigenvalue weighted by Crippen LogP contribution is 2.27. The van der Waals surface area contributed by atoms with Crippen molar-refractivity contribution in [1.29, 1.82) is 5.26 Å². The Morgan fingerprint density at radius 1 is 1.29 bits per heavy atom. The van der Waals surface area contributed by atoms with Gasteiger partial charge in [-0.2, -0.15) is 5.26 Å². The number of nitriles is 1. The molecule has 2 rings (SSSR count). The Morgan fingerprint density at radius 3 is 2.76 bits per heavy atom. The van der Waals surface area contributed by atoms with E-state index in [9.17, 15) is 0 Å². The molecule has 0 saturated heterocycles. The van der Waals surface area contributed by atoms with Gasteiger partial charge >= 0.3 is 0 Å². The third-order valence-corrected chi connectivity index (χ3v) is 4.25. The van der Waals surface area contributed by atoms with Crippen LogP contribution in [0.4, 0.5) is 5.69 Å². The summed E-state index contributed by atoms with van der Waals surface area (Å²) in [6, 6.07) is 10.0. The van der Waals surface area contributed by atoms with Crippen LogP contribution in [0.3, 0.4) is 0 Å². The van der Waals surface area contributed by atoms with Crippen LogP contribution < -0.4 is 5.32 Å². The summed E-state index contributed by atoms with van der Waals surface area (Å²) in [5.74, 6) is 0. The van der Waals surface area contributed by atoms with Gasteiger partial charge in [0.2, 0.25) is 0 Å². The molecule has 0 fully saturated rings. The van der Waals surface area contributed by atoms with Crippen molar-refractivity contribution in [2.75, 3.05) is 5.32 Å². The molecule has 5 heteroatoms. The van der Waals surface area contributed by atoms with Crippen LogP contribution in [-0.2, 0) is 6.54 Å². The predicted octanol–water partition coefficient (Wildman–Crippen LogP) is 4.76. The van der Waals surface area contributed by atoms with Gasteiger partial charge in [0.05, 0.1) is 5.56 Å². The molecular formula is C12H8Br2N2S. The first-order valence-electron chi connectivity index (χ1n) is 4.85. The second-order valence-corrected chi connectivity index (χ2v) is 6.16. The van der Waals surface area contributed by atoms with Crippen molar-refractivity contribution in [3.8, 4) is 6.07 Å². The van der Waals surface area contributed by atoms with Crippen LogP contribution in [-0.4, -0.2) is 0 Å². The number of hydrogen-bond acceptors (Lipinski definition) is 3. The van der Waals surface area contributed by atoms with Crippen molar-refractivity contribution < 1.29 is 0 Å². The van der Waals surface area contributed by atoms with E-state index in [1.165, 1.54) is 0 Å². The molecule has 0 bridgehead atoms. The fourth-order valence-electron chi connectivity index (χ4n) is 1.35. The van der Waals surface area contributed by atoms with Gasteiger partial charge in [-0.3, -0.25) is 0 Å². The van der Waals surface area contributed by atoms with Crippen LogP contribution in [0.2, 0.25) is 0 Å². The van der Waals surface area contributed by atoms with E-state index in [0.717, 1.165) is 31.6 Å². The zero-order chi connectivity index (χ0) is 12.3. The molecule has 0 aliphatic carbocycles. The van der Waals surface area contributed by atoms with Crippen molar-refractivity contribution in [3.63, 3.8) is 0 Å². The Hall–Kier alpha value is -0.830. The van der Waals surface area contributed by atoms with E-state index >= 15 is 0 Å². The Labute approximate surface area is 121 Å². The van der Waals surface area contributed by atoms with Crippen molar-refractivity contribution in [2.45, 2.75) is 6.54 Å². The molecule has 86 valence electrons. The first-order valence-corrected chi connectivity index (χ1v) is 7.32. The number of halogens is 2. The molecule has 0 amide bonds. The largest absolute Gasteiger partial charge is 0.379 e. The van der Waals surface area contributed by atoms with Crippen molar-refractivity contribution in [2.24, 2.45) is 0 Å². The Morgan fingerprint density at radius 2 is 2.12 bits per heavy atom. The maximum Gasteiger partial charge on any atom is 0.100 e. The maximum atomic E-state index is 8.73. The first-order chi connectivity index (χ1) is 8.19. The molecule has 17 heavy (non-hydrogen) atoms. The average Bonchev–Trinajstić information content (AvgIpc) is 2.76. The minimum atomic E-state index is 0.724. The minimum Gasteiger partial charge on any atom is -0.379 e. The van der Waals surface area contributed by atoms with Gasteiger partial charge in [0.1, 0.15) is 6.07 Å². The zero-order valence-electron chi connectivity index (χ0n) is 8.71. The second-order valence-electron chi connectivity index (χ2n) is 3.39. The predicted molar refractivity (Wildman–Crippen MR) is 78.2 cm³/mol. The summed E-state index contributed by atoms with van der Waals surface area (Å²) in [6.07, 6.45) is 0. The quantitative estimate of drug-likeness (QED) is 0.844. The van der Waals surface area contributed by atoms with E-state index in [4.69, 9.17) is 5.26 Å². The fourth-order valence-corrected chi connectivity index (χ4v) is 3.28. The van der Waals surface area contributed by atoms with Crippen LogP contribution in [0, 0.1) is 11.3 Å². The number of nitrogens with one attached hydrogen (secondary N) is 1. The smallest absolute Gasteiger partial charge is 0.100 e. The maximum absolute atomic E-state index is 8.73. The van der Waals surface area contributed by atoms with Gasteiger partial charge in [-0.15, -0.1) is 11.3 Å². The standard InChI is InChI=1S/C12H8Br2N2S/c13-9-1-2-12(11(14)4-9)16-6-10-3-8(5-15)7-17-10/h1-4,7,16H,6H2. The highest BCUT2D eigenvalue weighted by molar-refractivity contribution is 9.11. The molecule has 0 aliphatic rings. The normalized spacial score (nSPS) is 9.94. The summed E-state index contributed by atoms with van der Waals surface area (Å²) in [5, 5.41) is 13.9. The van der Waals surface area contributed by atoms with Crippen molar-refractivity contribution >= 4 is 48.9 Å². The third kappa shape index (κ3) is 3.32. The average molecular weight is 372 g/mol. The minimum absolute atomic E-state index is 0.724. The van der Waals surface area contributed by atoms with Crippen LogP contribution in [0.25, 0.3) is 0 Å². The molecule has 0 spiro atoms. The lowest BCUT2D eigenvalue weighted by molar-refractivity contribution is 1.19. The van der Waals surface area contributed by atoms with Gasteiger partial charge in [0.25, 0.3) is 0 Å². The zero-order valence-corrected chi connectivity index (χ0v) is 12.7. The molecule has 0 aliphatic heterocycles. The number of nitrogens with zero attached hydrogens (tertiary/aromatic N) is 1. The lowest BCUT2D eigenvalue weighted by Crippen LogP contribution is -1.97. The van der Waals surface area contributed by atoms with E-state index in [2.05, 4.69) is 43.2 Å². The third-order valence-electron chi connectivity index (χ3n) is 2.17. The van der Waals surface area contributed by atoms with Crippen LogP contribution >= 0.6 is 43.2 Å². The summed E-state index contributed by atoms with van der Waals surface area (Å²) in [6.45, 7) is 0.729. The lowest BCUT2D eigenvalue weighted by atomic mass is 10.3. The Kier molecular flexibility index (Phi) is 4.21. The topological polar surface area (TPSA) is 35.8 Å². The molecule has 1 aromatic carbocycles. The summed E-state index contributed by atoms with van der Waals surface area (Å²) >= 11 is 8.50. The van der Waals surface area contributed by atoms with E-state index in [0.29, 0.717) is 0 Å². The summed E-state index contributed by atoms with van der Waals surface area (Å²) in [7, 11) is 0. The fraction of sp³-hybridized carbons (Fsp3) is 0.0833. The Balaban J connectivity index is 2.05. The molecule has 2 aromatic rings. The van der Waals surface area contributed by atoms with Gasteiger partial charge < -0.3 is 5.32 Å². The number of anilines is 1. The number of hydrogen-bond donors (Lipinski definition) is 1. The molecule has 1 aromatic heterocycles. The molecule has 2 nitrogen and oxygen atoms in total. The first kappa shape index (κ1) is 12.6. The number of thiophene rings is 1. The van der Waals surface area contributed by atoms with Gasteiger partial charge in [0, 0.05) is 31.4 Å². The SMILES string of the molecule is N#Cc1csc(CNc2ccc(Br)cc2Br)c1. The van der Waals surface area contributed by atoms with Gasteiger partial charge in [-0.05, 0) is 40.2 Å². The summed E-state index contributed by atoms with van der Waals surface area (Å²) in [5.41, 5.74) is 1.77. The van der Waals surface area contributed by atoms with Gasteiger partial charge in [0.15, 0.2) is 0 Å². The van der Waals surface area contributed by atoms with E-state index in [1.807, 2.05) is 29.6 Å². The van der Waals surface area contributed by atoms with Gasteiger partial charge in [-0.25, -0.2) is 0 Å². The lowest BCUT2D eigenvalue weighted by Gasteiger charge is -2.07. The second kappa shape index (κ2) is 5.67. The summed E-state index contributed by atoms with van der Waals surface area (Å²) < 4.78 is 2.06. The molecule has 0 unspecified atom stereocenters. The van der Waals surface area contributed by atoms with Crippen molar-refractivity contribution in [1.82, 2.24) is 0 Å². The monoisotopic (exact) mass is 370 g/mol. The molecular weight excluding hydrogens is 364 g/mol. The highest BCUT2D eigenvalue weighted by Gasteiger charge is 2.02. The highest BCUT2D eigenvalue weighted by atomic mass is 79.9. The van der Waals surface area contributed by atoms with E-state index in [-0.39, 0.29) is 0 Å². The van der Waals surface area contributed by atoms with Crippen LogP contribution in [0.1, 0.15) is 10.4 Å². The molecule has 0 saturated carbocycles. The molecule has 1 heterocycles. The number of benzene rings is 1. The van der Waals surface area contributed by atoms with Crippen LogP contribution in [0.15, 0.2) is 38.6 Å². The van der Waals surface area contributed by atoms with Crippen LogP contribution in [0.5, 0.6) is 0 Å². The number of rotatable bonds is 3. The van der Waals surface area contributed by atoms with E-state index < -0.39 is 0 Å². The van der Waals surface area contributed by atoms with Gasteiger partial charge in [-0.1, -0.05) is 15.9 Å². The van der Waals surface area contributed by atoms with E-state index in [1.54, 1.807) is 11.3 Å². The molecule has 1 N–H and O–H groups in total. The molecule has 0 atom stereocenters. The summed E-state index contributed by atoms with van der Waals surface area (Å²) in [4.78, 5) is 1.15.